The van der Waals surface area contributed by atoms with E-state index in [2.05, 4.69) is 20.2 Å². The molecule has 5 rings (SSSR count). The summed E-state index contributed by atoms with van der Waals surface area (Å²) in [7, 11) is 0. The molecule has 0 atom stereocenters. The highest BCUT2D eigenvalue weighted by atomic mass is 35.5. The predicted octanol–water partition coefficient (Wildman–Crippen LogP) is 5.40. The van der Waals surface area contributed by atoms with E-state index in [1.165, 1.54) is 40.9 Å². The minimum atomic E-state index is -5.88. The molecule has 1 N–H and O–H groups in total. The van der Waals surface area contributed by atoms with Gasteiger partial charge in [-0.1, -0.05) is 17.7 Å². The topological polar surface area (TPSA) is 89.3 Å². The summed E-state index contributed by atoms with van der Waals surface area (Å²) in [6, 6.07) is 8.00. The van der Waals surface area contributed by atoms with Crippen molar-refractivity contribution in [2.45, 2.75) is 18.7 Å². The van der Waals surface area contributed by atoms with Crippen LogP contribution in [0.15, 0.2) is 53.4 Å². The van der Waals surface area contributed by atoms with Crippen LogP contribution in [0.2, 0.25) is 5.02 Å². The lowest BCUT2D eigenvalue weighted by molar-refractivity contribution is -0.290. The molecule has 0 unspecified atom stereocenters. The van der Waals surface area contributed by atoms with Crippen LogP contribution in [-0.2, 0) is 12.5 Å². The number of aromatic nitrogens is 5. The summed E-state index contributed by atoms with van der Waals surface area (Å²) >= 11 is 6.02. The van der Waals surface area contributed by atoms with Gasteiger partial charge in [-0.05, 0) is 47.0 Å². The first kappa shape index (κ1) is 22.2. The highest BCUT2D eigenvalue weighted by molar-refractivity contribution is 6.31. The molecule has 174 valence electrons. The van der Waals surface area contributed by atoms with Gasteiger partial charge in [0.2, 0.25) is 6.39 Å². The number of halogens is 6. The van der Waals surface area contributed by atoms with Gasteiger partial charge in [0.05, 0.1) is 6.61 Å². The van der Waals surface area contributed by atoms with E-state index in [1.54, 1.807) is 0 Å². The molecule has 0 fully saturated rings. The summed E-state index contributed by atoms with van der Waals surface area (Å²) in [6.45, 7) is -0.458. The van der Waals surface area contributed by atoms with Crippen LogP contribution in [0.3, 0.4) is 0 Å². The van der Waals surface area contributed by atoms with E-state index in [1.807, 2.05) is 0 Å². The first-order chi connectivity index (χ1) is 16.1. The SMILES string of the molecule is OCc1cc(-c2cc(C(F)(F)C(F)(F)F)nc3c2ccc2nc(-c4nnco4)cn23)ccc1Cl. The molecule has 0 aliphatic heterocycles. The Morgan fingerprint density at radius 3 is 2.50 bits per heavy atom. The number of hydrogen-bond donors (Lipinski definition) is 1. The van der Waals surface area contributed by atoms with Gasteiger partial charge < -0.3 is 9.52 Å². The van der Waals surface area contributed by atoms with Crippen LogP contribution in [-0.4, -0.2) is 35.8 Å². The van der Waals surface area contributed by atoms with E-state index in [0.29, 0.717) is 6.07 Å². The number of alkyl halides is 5. The maximum atomic E-state index is 14.4. The summed E-state index contributed by atoms with van der Waals surface area (Å²) in [5, 5.41) is 17.3. The number of aliphatic hydroxyl groups is 1. The molecular formula is C21H11ClF5N5O2. The van der Waals surface area contributed by atoms with Gasteiger partial charge in [0, 0.05) is 16.6 Å². The summed E-state index contributed by atoms with van der Waals surface area (Å²) in [5.41, 5.74) is -0.747. The van der Waals surface area contributed by atoms with Crippen molar-refractivity contribution >= 4 is 28.3 Å². The van der Waals surface area contributed by atoms with E-state index < -0.39 is 24.4 Å². The Balaban J connectivity index is 1.85. The number of benzene rings is 1. The van der Waals surface area contributed by atoms with Crippen LogP contribution in [0.5, 0.6) is 0 Å². The third kappa shape index (κ3) is 3.46. The van der Waals surface area contributed by atoms with Gasteiger partial charge in [-0.2, -0.15) is 22.0 Å². The van der Waals surface area contributed by atoms with Crippen LogP contribution in [0.1, 0.15) is 11.3 Å². The molecule has 0 aliphatic carbocycles. The number of imidazole rings is 1. The molecule has 0 spiro atoms. The molecule has 0 bridgehead atoms. The van der Waals surface area contributed by atoms with E-state index in [0.717, 1.165) is 6.39 Å². The third-order valence-electron chi connectivity index (χ3n) is 5.18. The number of hydrogen-bond acceptors (Lipinski definition) is 6. The molecule has 0 saturated heterocycles. The van der Waals surface area contributed by atoms with Crippen LogP contribution in [0.25, 0.3) is 39.4 Å². The highest BCUT2D eigenvalue weighted by Crippen LogP contribution is 2.45. The fraction of sp³-hybridized carbons (Fsp3) is 0.143. The van der Waals surface area contributed by atoms with Crippen molar-refractivity contribution in [2.24, 2.45) is 0 Å². The van der Waals surface area contributed by atoms with Gasteiger partial charge in [-0.3, -0.25) is 4.40 Å². The van der Waals surface area contributed by atoms with Crippen LogP contribution < -0.4 is 0 Å². The van der Waals surface area contributed by atoms with Gasteiger partial charge in [0.25, 0.3) is 5.89 Å². The number of aliphatic hydroxyl groups excluding tert-OH is 1. The summed E-state index contributed by atoms with van der Waals surface area (Å²) in [5.74, 6) is -5.21. The molecule has 34 heavy (non-hydrogen) atoms. The normalized spacial score (nSPS) is 12.7. The number of pyridine rings is 2. The fourth-order valence-electron chi connectivity index (χ4n) is 3.53. The Labute approximate surface area is 191 Å². The quantitative estimate of drug-likeness (QED) is 0.336. The van der Waals surface area contributed by atoms with E-state index in [-0.39, 0.29) is 50.0 Å². The smallest absolute Gasteiger partial charge is 0.422 e. The first-order valence-electron chi connectivity index (χ1n) is 9.54. The lowest BCUT2D eigenvalue weighted by Crippen LogP contribution is -2.34. The van der Waals surface area contributed by atoms with Crippen molar-refractivity contribution < 1.29 is 31.5 Å². The molecule has 4 heterocycles. The van der Waals surface area contributed by atoms with Crippen molar-refractivity contribution in [2.75, 3.05) is 0 Å². The average molecular weight is 496 g/mol. The predicted molar refractivity (Wildman–Crippen MR) is 110 cm³/mol. The van der Waals surface area contributed by atoms with Crippen LogP contribution >= 0.6 is 11.6 Å². The molecule has 4 aromatic heterocycles. The van der Waals surface area contributed by atoms with E-state index >= 15 is 0 Å². The molecule has 0 amide bonds. The zero-order valence-electron chi connectivity index (χ0n) is 16.7. The molecule has 0 saturated carbocycles. The summed E-state index contributed by atoms with van der Waals surface area (Å²) in [4.78, 5) is 7.95. The third-order valence-corrected chi connectivity index (χ3v) is 5.55. The Hall–Kier alpha value is -3.64. The molecule has 0 aliphatic rings. The second-order valence-electron chi connectivity index (χ2n) is 7.26. The minimum Gasteiger partial charge on any atom is -0.422 e. The van der Waals surface area contributed by atoms with Crippen molar-refractivity contribution in [3.8, 4) is 22.7 Å². The van der Waals surface area contributed by atoms with Crippen molar-refractivity contribution in [1.82, 2.24) is 24.6 Å². The Bertz CT molecular complexity index is 1530. The second kappa shape index (κ2) is 7.71. The van der Waals surface area contributed by atoms with Crippen molar-refractivity contribution in [3.63, 3.8) is 0 Å². The second-order valence-corrected chi connectivity index (χ2v) is 7.67. The van der Waals surface area contributed by atoms with Crippen LogP contribution in [0, 0.1) is 0 Å². The lowest BCUT2D eigenvalue weighted by Gasteiger charge is -2.21. The fourth-order valence-corrected chi connectivity index (χ4v) is 3.70. The van der Waals surface area contributed by atoms with E-state index in [4.69, 9.17) is 16.0 Å². The molecule has 13 heteroatoms. The highest BCUT2D eigenvalue weighted by Gasteiger charge is 2.60. The number of nitrogens with zero attached hydrogens (tertiary/aromatic N) is 5. The first-order valence-corrected chi connectivity index (χ1v) is 9.92. The standard InChI is InChI=1S/C21H11ClF5N5O2/c22-14-3-1-10(5-11(14)8-33)13-6-16(20(23,24)21(25,26)27)30-18-12(13)2-4-17-29-15(7-32(17)18)19-31-28-9-34-19/h1-7,9,33H,8H2. The Morgan fingerprint density at radius 2 is 1.82 bits per heavy atom. The largest absolute Gasteiger partial charge is 0.459 e. The average Bonchev–Trinajstić information content (AvgIpc) is 3.47. The van der Waals surface area contributed by atoms with Crippen molar-refractivity contribution in [3.05, 3.63) is 65.3 Å². The maximum absolute atomic E-state index is 14.4. The molecule has 0 radical (unpaired) electrons. The summed E-state index contributed by atoms with van der Waals surface area (Å²) < 4.78 is 74.9. The maximum Gasteiger partial charge on any atom is 0.459 e. The number of fused-ring (bicyclic) bond motifs is 3. The molecule has 7 nitrogen and oxygen atoms in total. The van der Waals surface area contributed by atoms with Crippen molar-refractivity contribution in [1.29, 1.82) is 0 Å². The van der Waals surface area contributed by atoms with Gasteiger partial charge in [0.1, 0.15) is 22.7 Å². The Morgan fingerprint density at radius 1 is 1.03 bits per heavy atom. The van der Waals surface area contributed by atoms with Gasteiger partial charge in [0.15, 0.2) is 0 Å². The molecular weight excluding hydrogens is 485 g/mol. The monoisotopic (exact) mass is 495 g/mol. The minimum absolute atomic E-state index is 0.0270. The van der Waals surface area contributed by atoms with Crippen LogP contribution in [0.4, 0.5) is 22.0 Å². The molecule has 5 aromatic rings. The zero-order chi connectivity index (χ0) is 24.3. The lowest BCUT2D eigenvalue weighted by atomic mass is 9.98. The molecule has 1 aromatic carbocycles. The zero-order valence-corrected chi connectivity index (χ0v) is 17.4. The summed E-state index contributed by atoms with van der Waals surface area (Å²) in [6.07, 6.45) is -3.47. The van der Waals surface area contributed by atoms with Gasteiger partial charge in [-0.25, -0.2) is 9.97 Å². The van der Waals surface area contributed by atoms with Gasteiger partial charge in [-0.15, -0.1) is 10.2 Å². The van der Waals surface area contributed by atoms with E-state index in [9.17, 15) is 27.1 Å². The number of rotatable bonds is 4. The Kier molecular flexibility index (Phi) is 5.02. The van der Waals surface area contributed by atoms with Gasteiger partial charge >= 0.3 is 12.1 Å².